The first-order valence-corrected chi connectivity index (χ1v) is 6.57. The topological polar surface area (TPSA) is 84.9 Å². The van der Waals surface area contributed by atoms with Gasteiger partial charge in [0.1, 0.15) is 13.2 Å². The Morgan fingerprint density at radius 3 is 2.80 bits per heavy atom. The standard InChI is InChI=1S/C14H17NO5/c16-12(17)6-1-2-7-15-14(18)10-4-3-5-11-13(10)20-9-8-19-11/h3-5H,1-2,6-9H2,(H,15,18)(H,16,17). The van der Waals surface area contributed by atoms with Gasteiger partial charge in [-0.25, -0.2) is 0 Å². The molecule has 0 fully saturated rings. The molecule has 2 N–H and O–H groups in total. The molecule has 0 bridgehead atoms. The van der Waals surface area contributed by atoms with Crippen molar-refractivity contribution >= 4 is 11.9 Å². The number of benzene rings is 1. The van der Waals surface area contributed by atoms with Gasteiger partial charge in [0.05, 0.1) is 5.56 Å². The molecule has 1 aliphatic heterocycles. The van der Waals surface area contributed by atoms with Crippen LogP contribution in [0.5, 0.6) is 11.5 Å². The van der Waals surface area contributed by atoms with Gasteiger partial charge in [-0.15, -0.1) is 0 Å². The van der Waals surface area contributed by atoms with Crippen LogP contribution in [0.3, 0.4) is 0 Å². The maximum absolute atomic E-state index is 12.1. The first-order valence-electron chi connectivity index (χ1n) is 6.57. The number of carbonyl (C=O) groups is 2. The molecule has 6 nitrogen and oxygen atoms in total. The molecule has 2 rings (SSSR count). The fourth-order valence-corrected chi connectivity index (χ4v) is 1.95. The Kier molecular flexibility index (Phi) is 4.81. The average molecular weight is 279 g/mol. The van der Waals surface area contributed by atoms with Gasteiger partial charge in [-0.3, -0.25) is 9.59 Å². The Morgan fingerprint density at radius 2 is 2.00 bits per heavy atom. The van der Waals surface area contributed by atoms with Crippen LogP contribution >= 0.6 is 0 Å². The van der Waals surface area contributed by atoms with E-state index >= 15 is 0 Å². The molecule has 0 unspecified atom stereocenters. The predicted octanol–water partition coefficient (Wildman–Crippen LogP) is 1.44. The highest BCUT2D eigenvalue weighted by atomic mass is 16.6. The third-order valence-electron chi connectivity index (χ3n) is 2.91. The summed E-state index contributed by atoms with van der Waals surface area (Å²) in [6.07, 6.45) is 1.29. The van der Waals surface area contributed by atoms with Crippen LogP contribution in [0.25, 0.3) is 0 Å². The van der Waals surface area contributed by atoms with Gasteiger partial charge in [0, 0.05) is 13.0 Å². The number of ether oxygens (including phenoxy) is 2. The Bertz CT molecular complexity index is 500. The molecule has 1 aromatic carbocycles. The molecule has 20 heavy (non-hydrogen) atoms. The quantitative estimate of drug-likeness (QED) is 0.770. The maximum atomic E-state index is 12.1. The predicted molar refractivity (Wildman–Crippen MR) is 71.3 cm³/mol. The fourth-order valence-electron chi connectivity index (χ4n) is 1.95. The van der Waals surface area contributed by atoms with Crippen LogP contribution in [0, 0.1) is 0 Å². The molecular formula is C14H17NO5. The Balaban J connectivity index is 1.88. The Morgan fingerprint density at radius 1 is 1.20 bits per heavy atom. The smallest absolute Gasteiger partial charge is 0.303 e. The van der Waals surface area contributed by atoms with Gasteiger partial charge >= 0.3 is 5.97 Å². The molecule has 0 aliphatic carbocycles. The zero-order valence-electron chi connectivity index (χ0n) is 11.1. The van der Waals surface area contributed by atoms with E-state index in [9.17, 15) is 9.59 Å². The lowest BCUT2D eigenvalue weighted by molar-refractivity contribution is -0.137. The van der Waals surface area contributed by atoms with Gasteiger partial charge in [0.2, 0.25) is 0 Å². The van der Waals surface area contributed by atoms with Gasteiger partial charge in [0.15, 0.2) is 11.5 Å². The highest BCUT2D eigenvalue weighted by molar-refractivity contribution is 5.97. The van der Waals surface area contributed by atoms with Crippen LogP contribution in [-0.4, -0.2) is 36.7 Å². The molecule has 0 saturated carbocycles. The van der Waals surface area contributed by atoms with Crippen LogP contribution in [0.15, 0.2) is 18.2 Å². The number of hydrogen-bond donors (Lipinski definition) is 2. The molecule has 6 heteroatoms. The van der Waals surface area contributed by atoms with Crippen molar-refractivity contribution in [3.05, 3.63) is 23.8 Å². The summed E-state index contributed by atoms with van der Waals surface area (Å²) >= 11 is 0. The van der Waals surface area contributed by atoms with E-state index in [-0.39, 0.29) is 12.3 Å². The van der Waals surface area contributed by atoms with Crippen molar-refractivity contribution < 1.29 is 24.2 Å². The van der Waals surface area contributed by atoms with Gasteiger partial charge < -0.3 is 19.9 Å². The summed E-state index contributed by atoms with van der Waals surface area (Å²) in [6, 6.07) is 5.19. The minimum absolute atomic E-state index is 0.119. The molecule has 1 amide bonds. The van der Waals surface area contributed by atoms with Crippen molar-refractivity contribution in [1.29, 1.82) is 0 Å². The highest BCUT2D eigenvalue weighted by Crippen LogP contribution is 2.33. The van der Waals surface area contributed by atoms with Crippen LogP contribution in [0.1, 0.15) is 29.6 Å². The summed E-state index contributed by atoms with van der Waals surface area (Å²) in [6.45, 7) is 1.35. The second kappa shape index (κ2) is 6.79. The number of nitrogens with one attached hydrogen (secondary N) is 1. The second-order valence-corrected chi connectivity index (χ2v) is 4.44. The van der Waals surface area contributed by atoms with Crippen molar-refractivity contribution in [2.24, 2.45) is 0 Å². The van der Waals surface area contributed by atoms with E-state index in [0.717, 1.165) is 0 Å². The van der Waals surface area contributed by atoms with Gasteiger partial charge in [0.25, 0.3) is 5.91 Å². The lowest BCUT2D eigenvalue weighted by atomic mass is 10.1. The summed E-state index contributed by atoms with van der Waals surface area (Å²) in [7, 11) is 0. The molecule has 0 aromatic heterocycles. The van der Waals surface area contributed by atoms with E-state index < -0.39 is 5.97 Å². The summed E-state index contributed by atoms with van der Waals surface area (Å²) in [5.41, 5.74) is 0.445. The number of unbranched alkanes of at least 4 members (excludes halogenated alkanes) is 1. The first kappa shape index (κ1) is 14.2. The monoisotopic (exact) mass is 279 g/mol. The zero-order valence-corrected chi connectivity index (χ0v) is 11.1. The van der Waals surface area contributed by atoms with E-state index in [2.05, 4.69) is 5.32 Å². The number of amides is 1. The number of para-hydroxylation sites is 1. The molecule has 0 radical (unpaired) electrons. The minimum Gasteiger partial charge on any atom is -0.486 e. The molecule has 0 atom stereocenters. The normalized spacial score (nSPS) is 12.8. The lowest BCUT2D eigenvalue weighted by Crippen LogP contribution is -2.26. The SMILES string of the molecule is O=C(O)CCCCNC(=O)c1cccc2c1OCCO2. The molecule has 1 heterocycles. The number of fused-ring (bicyclic) bond motifs is 1. The van der Waals surface area contributed by atoms with E-state index in [1.165, 1.54) is 0 Å². The summed E-state index contributed by atoms with van der Waals surface area (Å²) in [4.78, 5) is 22.4. The molecular weight excluding hydrogens is 262 g/mol. The van der Waals surface area contributed by atoms with Gasteiger partial charge in [-0.1, -0.05) is 6.07 Å². The van der Waals surface area contributed by atoms with Crippen molar-refractivity contribution in [2.75, 3.05) is 19.8 Å². The number of hydrogen-bond acceptors (Lipinski definition) is 4. The van der Waals surface area contributed by atoms with Gasteiger partial charge in [-0.05, 0) is 25.0 Å². The number of aliphatic carboxylic acids is 1. The second-order valence-electron chi connectivity index (χ2n) is 4.44. The van der Waals surface area contributed by atoms with E-state index in [0.29, 0.717) is 49.7 Å². The van der Waals surface area contributed by atoms with Crippen molar-refractivity contribution in [3.8, 4) is 11.5 Å². The number of carboxylic acid groups (broad SMARTS) is 1. The van der Waals surface area contributed by atoms with Crippen LogP contribution in [-0.2, 0) is 4.79 Å². The zero-order chi connectivity index (χ0) is 14.4. The molecule has 1 aromatic rings. The lowest BCUT2D eigenvalue weighted by Gasteiger charge is -2.20. The number of rotatable bonds is 6. The van der Waals surface area contributed by atoms with E-state index in [1.54, 1.807) is 18.2 Å². The minimum atomic E-state index is -0.820. The molecule has 0 spiro atoms. The molecule has 0 saturated heterocycles. The number of carboxylic acids is 1. The average Bonchev–Trinajstić information content (AvgIpc) is 2.45. The van der Waals surface area contributed by atoms with Crippen molar-refractivity contribution in [1.82, 2.24) is 5.32 Å². The third-order valence-corrected chi connectivity index (χ3v) is 2.91. The Hall–Kier alpha value is -2.24. The highest BCUT2D eigenvalue weighted by Gasteiger charge is 2.19. The van der Waals surface area contributed by atoms with E-state index in [4.69, 9.17) is 14.6 Å². The summed E-state index contributed by atoms with van der Waals surface area (Å²) in [5.74, 6) is -0.00163. The molecule has 108 valence electrons. The first-order chi connectivity index (χ1) is 9.68. The fraction of sp³-hybridized carbons (Fsp3) is 0.429. The Labute approximate surface area is 116 Å². The van der Waals surface area contributed by atoms with Crippen LogP contribution in [0.2, 0.25) is 0 Å². The largest absolute Gasteiger partial charge is 0.486 e. The third kappa shape index (κ3) is 3.63. The molecule has 1 aliphatic rings. The van der Waals surface area contributed by atoms with Crippen molar-refractivity contribution in [3.63, 3.8) is 0 Å². The summed E-state index contributed by atoms with van der Waals surface area (Å²) < 4.78 is 10.9. The van der Waals surface area contributed by atoms with E-state index in [1.807, 2.05) is 0 Å². The van der Waals surface area contributed by atoms with Crippen molar-refractivity contribution in [2.45, 2.75) is 19.3 Å². The number of carbonyl (C=O) groups excluding carboxylic acids is 1. The van der Waals surface area contributed by atoms with Crippen LogP contribution < -0.4 is 14.8 Å². The van der Waals surface area contributed by atoms with Crippen LogP contribution in [0.4, 0.5) is 0 Å². The maximum Gasteiger partial charge on any atom is 0.303 e. The van der Waals surface area contributed by atoms with Gasteiger partial charge in [-0.2, -0.15) is 0 Å². The summed E-state index contributed by atoms with van der Waals surface area (Å²) in [5, 5.41) is 11.3.